The van der Waals surface area contributed by atoms with Crippen LogP contribution in [0.15, 0.2) is 54.6 Å². The molecule has 0 spiro atoms. The van der Waals surface area contributed by atoms with Gasteiger partial charge in [0.15, 0.2) is 4.88 Å². The summed E-state index contributed by atoms with van der Waals surface area (Å²) in [5.41, 5.74) is 1.63. The minimum absolute atomic E-state index is 0.0795. The third-order valence-corrected chi connectivity index (χ3v) is 4.58. The molecule has 6 heteroatoms. The fourth-order valence-corrected chi connectivity index (χ4v) is 3.05. The normalized spacial score (nSPS) is 10.5. The maximum Gasteiger partial charge on any atom is 0.351 e. The number of carboxylic acids is 1. The Bertz CT molecular complexity index is 833. The fraction of sp³-hybridized carbons (Fsp3) is 0.0588. The van der Waals surface area contributed by atoms with Gasteiger partial charge in [0.2, 0.25) is 5.88 Å². The highest BCUT2D eigenvalue weighted by Gasteiger charge is 2.20. The van der Waals surface area contributed by atoms with E-state index in [0.29, 0.717) is 10.0 Å². The van der Waals surface area contributed by atoms with E-state index in [2.05, 4.69) is 4.98 Å². The van der Waals surface area contributed by atoms with Crippen molar-refractivity contribution in [2.24, 2.45) is 0 Å². The lowest BCUT2D eigenvalue weighted by atomic mass is 10.2. The molecule has 0 aliphatic carbocycles. The van der Waals surface area contributed by atoms with Crippen LogP contribution >= 0.6 is 22.9 Å². The number of rotatable bonds is 5. The van der Waals surface area contributed by atoms with Gasteiger partial charge in [-0.3, -0.25) is 0 Å². The molecule has 1 aromatic heterocycles. The van der Waals surface area contributed by atoms with Gasteiger partial charge in [0.25, 0.3) is 0 Å². The van der Waals surface area contributed by atoms with Gasteiger partial charge < -0.3 is 9.84 Å². The van der Waals surface area contributed by atoms with Crippen molar-refractivity contribution < 1.29 is 14.6 Å². The van der Waals surface area contributed by atoms with Crippen molar-refractivity contribution in [3.05, 3.63) is 70.1 Å². The number of ether oxygens (including phenoxy) is 1. The van der Waals surface area contributed by atoms with Gasteiger partial charge in [0.05, 0.1) is 0 Å². The summed E-state index contributed by atoms with van der Waals surface area (Å²) in [7, 11) is 0. The topological polar surface area (TPSA) is 59.4 Å². The van der Waals surface area contributed by atoms with E-state index in [1.807, 2.05) is 48.5 Å². The molecule has 0 unspecified atom stereocenters. The van der Waals surface area contributed by atoms with Crippen LogP contribution in [0.2, 0.25) is 5.02 Å². The van der Waals surface area contributed by atoms with E-state index in [1.165, 1.54) is 0 Å². The first-order chi connectivity index (χ1) is 11.1. The largest absolute Gasteiger partial charge is 0.477 e. The monoisotopic (exact) mass is 345 g/mol. The highest BCUT2D eigenvalue weighted by molar-refractivity contribution is 7.17. The second kappa shape index (κ2) is 6.81. The molecule has 116 valence electrons. The molecule has 4 nitrogen and oxygen atoms in total. The molecule has 0 aliphatic heterocycles. The molecule has 23 heavy (non-hydrogen) atoms. The van der Waals surface area contributed by atoms with Crippen LogP contribution in [0.1, 0.15) is 15.2 Å². The maximum absolute atomic E-state index is 11.4. The number of thiazole rings is 1. The summed E-state index contributed by atoms with van der Waals surface area (Å²) in [5, 5.41) is 10.5. The number of aromatic carboxylic acids is 1. The van der Waals surface area contributed by atoms with Crippen molar-refractivity contribution in [3.63, 3.8) is 0 Å². The van der Waals surface area contributed by atoms with Gasteiger partial charge in [-0.05, 0) is 6.07 Å². The number of nitrogens with zero attached hydrogens (tertiary/aromatic N) is 1. The molecule has 0 saturated heterocycles. The molecular formula is C17H12ClNO3S. The Balaban J connectivity index is 1.88. The Morgan fingerprint density at radius 2 is 1.83 bits per heavy atom. The van der Waals surface area contributed by atoms with Gasteiger partial charge in [0.1, 0.15) is 11.6 Å². The summed E-state index contributed by atoms with van der Waals surface area (Å²) < 4.78 is 5.60. The first-order valence-corrected chi connectivity index (χ1v) is 8.00. The van der Waals surface area contributed by atoms with E-state index in [-0.39, 0.29) is 17.4 Å². The zero-order chi connectivity index (χ0) is 16.2. The molecule has 0 aliphatic rings. The molecule has 0 amide bonds. The molecule has 0 radical (unpaired) electrons. The summed E-state index contributed by atoms with van der Waals surface area (Å²) in [6.07, 6.45) is 0. The number of halogens is 1. The number of benzene rings is 2. The smallest absolute Gasteiger partial charge is 0.351 e. The summed E-state index contributed by atoms with van der Waals surface area (Å²) in [5.74, 6) is -0.944. The average Bonchev–Trinajstić information content (AvgIpc) is 2.99. The number of carboxylic acid groups (broad SMARTS) is 1. The number of aromatic nitrogens is 1. The lowest BCUT2D eigenvalue weighted by Crippen LogP contribution is -2.01. The van der Waals surface area contributed by atoms with Crippen molar-refractivity contribution >= 4 is 28.9 Å². The van der Waals surface area contributed by atoms with Crippen molar-refractivity contribution in [2.75, 3.05) is 0 Å². The predicted octanol–water partition coefficient (Wildman–Crippen LogP) is 4.74. The summed E-state index contributed by atoms with van der Waals surface area (Å²) in [6, 6.07) is 16.7. The maximum atomic E-state index is 11.4. The van der Waals surface area contributed by atoms with E-state index in [1.54, 1.807) is 6.07 Å². The standard InChI is InChI=1S/C17H12ClNO3S/c18-13-9-5-4-8-12(13)10-22-15-14(17(20)21)23-16(19-15)11-6-2-1-3-7-11/h1-9H,10H2,(H,20,21). The first-order valence-electron chi connectivity index (χ1n) is 6.81. The Kier molecular flexibility index (Phi) is 4.60. The molecule has 3 aromatic rings. The molecule has 0 saturated carbocycles. The third-order valence-electron chi connectivity index (χ3n) is 3.13. The van der Waals surface area contributed by atoms with Crippen LogP contribution in [0.5, 0.6) is 5.88 Å². The van der Waals surface area contributed by atoms with E-state index in [9.17, 15) is 9.90 Å². The summed E-state index contributed by atoms with van der Waals surface area (Å²) in [6.45, 7) is 0.165. The summed E-state index contributed by atoms with van der Waals surface area (Å²) in [4.78, 5) is 15.8. The van der Waals surface area contributed by atoms with Gasteiger partial charge in [-0.25, -0.2) is 9.78 Å². The molecule has 2 aromatic carbocycles. The minimum atomic E-state index is -1.06. The van der Waals surface area contributed by atoms with Crippen LogP contribution in [0.4, 0.5) is 0 Å². The molecular weight excluding hydrogens is 334 g/mol. The lowest BCUT2D eigenvalue weighted by Gasteiger charge is -2.05. The Morgan fingerprint density at radius 3 is 2.52 bits per heavy atom. The lowest BCUT2D eigenvalue weighted by molar-refractivity contribution is 0.0697. The van der Waals surface area contributed by atoms with Gasteiger partial charge in [0, 0.05) is 16.1 Å². The van der Waals surface area contributed by atoms with Gasteiger partial charge in [-0.2, -0.15) is 0 Å². The molecule has 1 heterocycles. The third kappa shape index (κ3) is 3.52. The average molecular weight is 346 g/mol. The van der Waals surface area contributed by atoms with Crippen LogP contribution in [0.25, 0.3) is 10.6 Å². The van der Waals surface area contributed by atoms with E-state index in [4.69, 9.17) is 16.3 Å². The van der Waals surface area contributed by atoms with Crippen LogP contribution in [-0.4, -0.2) is 16.1 Å². The van der Waals surface area contributed by atoms with E-state index >= 15 is 0 Å². The fourth-order valence-electron chi connectivity index (χ4n) is 2.00. The quantitative estimate of drug-likeness (QED) is 0.725. The summed E-state index contributed by atoms with van der Waals surface area (Å²) >= 11 is 7.17. The van der Waals surface area contributed by atoms with Crippen LogP contribution < -0.4 is 4.74 Å². The van der Waals surface area contributed by atoms with Crippen molar-refractivity contribution in [2.45, 2.75) is 6.61 Å². The van der Waals surface area contributed by atoms with Crippen molar-refractivity contribution in [3.8, 4) is 16.5 Å². The highest BCUT2D eigenvalue weighted by Crippen LogP contribution is 2.33. The van der Waals surface area contributed by atoms with E-state index in [0.717, 1.165) is 22.5 Å². The number of hydrogen-bond acceptors (Lipinski definition) is 4. The zero-order valence-corrected chi connectivity index (χ0v) is 13.5. The molecule has 3 rings (SSSR count). The minimum Gasteiger partial charge on any atom is -0.477 e. The van der Waals surface area contributed by atoms with Crippen LogP contribution in [0.3, 0.4) is 0 Å². The Morgan fingerprint density at radius 1 is 1.13 bits per heavy atom. The molecule has 0 fully saturated rings. The SMILES string of the molecule is O=C(O)c1sc(-c2ccccc2)nc1OCc1ccccc1Cl. The van der Waals surface area contributed by atoms with Gasteiger partial charge in [-0.15, -0.1) is 11.3 Å². The Hall–Kier alpha value is -2.37. The molecule has 0 bridgehead atoms. The van der Waals surface area contributed by atoms with Gasteiger partial charge in [-0.1, -0.05) is 60.1 Å². The predicted molar refractivity (Wildman–Crippen MR) is 90.3 cm³/mol. The molecule has 1 N–H and O–H groups in total. The van der Waals surface area contributed by atoms with Crippen molar-refractivity contribution in [1.29, 1.82) is 0 Å². The first kappa shape index (κ1) is 15.5. The highest BCUT2D eigenvalue weighted by atomic mass is 35.5. The number of carbonyl (C=O) groups is 1. The second-order valence-corrected chi connectivity index (χ2v) is 6.11. The Labute approximate surface area is 142 Å². The van der Waals surface area contributed by atoms with E-state index < -0.39 is 5.97 Å². The number of hydrogen-bond donors (Lipinski definition) is 1. The van der Waals surface area contributed by atoms with Crippen LogP contribution in [-0.2, 0) is 6.61 Å². The zero-order valence-electron chi connectivity index (χ0n) is 11.9. The van der Waals surface area contributed by atoms with Gasteiger partial charge >= 0.3 is 5.97 Å². The second-order valence-electron chi connectivity index (χ2n) is 4.70. The van der Waals surface area contributed by atoms with Crippen LogP contribution in [0, 0.1) is 0 Å². The molecule has 0 atom stereocenters. The van der Waals surface area contributed by atoms with Crippen molar-refractivity contribution in [1.82, 2.24) is 4.98 Å².